The second-order valence-electron chi connectivity index (χ2n) is 5.84. The molecule has 2 amide bonds. The van der Waals surface area contributed by atoms with E-state index < -0.39 is 23.8 Å². The minimum atomic E-state index is -1.21. The van der Waals surface area contributed by atoms with Crippen LogP contribution in [-0.2, 0) is 14.3 Å². The number of anilines is 1. The lowest BCUT2D eigenvalue weighted by molar-refractivity contribution is -0.130. The van der Waals surface area contributed by atoms with Crippen molar-refractivity contribution in [2.45, 2.75) is 31.9 Å². The van der Waals surface area contributed by atoms with Crippen molar-refractivity contribution in [3.8, 4) is 0 Å². The van der Waals surface area contributed by atoms with Crippen LogP contribution < -0.4 is 10.6 Å². The Morgan fingerprint density at radius 3 is 2.58 bits per heavy atom. The first-order valence-corrected chi connectivity index (χ1v) is 8.80. The summed E-state index contributed by atoms with van der Waals surface area (Å²) < 4.78 is 18.5. The summed E-state index contributed by atoms with van der Waals surface area (Å²) in [6, 6.07) is 5.25. The van der Waals surface area contributed by atoms with Gasteiger partial charge in [-0.2, -0.15) is 0 Å². The Balaban J connectivity index is 1.76. The molecule has 1 aromatic heterocycles. The molecule has 9 heteroatoms. The Morgan fingerprint density at radius 2 is 1.96 bits per heavy atom. The monoisotopic (exact) mass is 377 g/mol. The molecule has 2 N–H and O–H groups in total. The summed E-state index contributed by atoms with van der Waals surface area (Å²) in [5.74, 6) is -2.05. The van der Waals surface area contributed by atoms with E-state index in [2.05, 4.69) is 15.6 Å². The van der Waals surface area contributed by atoms with E-state index in [-0.39, 0.29) is 22.8 Å². The van der Waals surface area contributed by atoms with Crippen LogP contribution in [0.25, 0.3) is 0 Å². The number of rotatable bonds is 6. The predicted octanol–water partition coefficient (Wildman–Crippen LogP) is 2.42. The second kappa shape index (κ2) is 7.61. The molecule has 0 saturated heterocycles. The summed E-state index contributed by atoms with van der Waals surface area (Å²) in [5, 5.41) is 6.92. The molecule has 1 heterocycles. The first-order valence-electron chi connectivity index (χ1n) is 7.92. The predicted molar refractivity (Wildman–Crippen MR) is 92.1 cm³/mol. The number of halogens is 1. The minimum absolute atomic E-state index is 0.0231. The van der Waals surface area contributed by atoms with Gasteiger partial charge < -0.3 is 15.4 Å². The fraction of sp³-hybridized carbons (Fsp3) is 0.294. The Morgan fingerprint density at radius 1 is 1.27 bits per heavy atom. The Bertz CT molecular complexity index is 833. The van der Waals surface area contributed by atoms with E-state index in [1.54, 1.807) is 0 Å². The Hall–Kier alpha value is -2.81. The van der Waals surface area contributed by atoms with Crippen molar-refractivity contribution in [2.24, 2.45) is 0 Å². The van der Waals surface area contributed by atoms with Gasteiger partial charge in [-0.05, 0) is 25.0 Å². The van der Waals surface area contributed by atoms with Crippen molar-refractivity contribution in [3.63, 3.8) is 0 Å². The molecular weight excluding hydrogens is 361 g/mol. The molecule has 26 heavy (non-hydrogen) atoms. The molecule has 1 atom stereocenters. The van der Waals surface area contributed by atoms with Crippen LogP contribution >= 0.6 is 11.3 Å². The summed E-state index contributed by atoms with van der Waals surface area (Å²) in [6.07, 6.45) is 0.541. The van der Waals surface area contributed by atoms with Crippen LogP contribution in [0.5, 0.6) is 0 Å². The normalized spacial score (nSPS) is 14.4. The summed E-state index contributed by atoms with van der Waals surface area (Å²) in [7, 11) is 0. The van der Waals surface area contributed by atoms with Gasteiger partial charge in [-0.1, -0.05) is 12.1 Å². The number of amides is 2. The zero-order chi connectivity index (χ0) is 18.7. The molecule has 0 bridgehead atoms. The van der Waals surface area contributed by atoms with Crippen LogP contribution in [0.3, 0.4) is 0 Å². The number of nitrogens with one attached hydrogen (secondary N) is 2. The number of carbonyl (C=O) groups excluding carboxylic acids is 3. The largest absolute Gasteiger partial charge is 0.443 e. The first kappa shape index (κ1) is 18.0. The molecule has 0 spiro atoms. The highest BCUT2D eigenvalue weighted by atomic mass is 32.1. The molecule has 136 valence electrons. The van der Waals surface area contributed by atoms with Crippen LogP contribution in [0.15, 0.2) is 29.6 Å². The fourth-order valence-corrected chi connectivity index (χ4v) is 2.88. The molecule has 0 radical (unpaired) electrons. The van der Waals surface area contributed by atoms with Gasteiger partial charge in [0.2, 0.25) is 12.0 Å². The lowest BCUT2D eigenvalue weighted by Gasteiger charge is -2.17. The van der Waals surface area contributed by atoms with E-state index in [0.717, 1.165) is 24.2 Å². The third kappa shape index (κ3) is 4.63. The highest BCUT2D eigenvalue weighted by Gasteiger charge is 2.31. The van der Waals surface area contributed by atoms with Crippen molar-refractivity contribution in [1.29, 1.82) is 0 Å². The third-order valence-corrected chi connectivity index (χ3v) is 4.31. The van der Waals surface area contributed by atoms with Crippen molar-refractivity contribution in [2.75, 3.05) is 5.32 Å². The minimum Gasteiger partial charge on any atom is -0.443 e. The Kier molecular flexibility index (Phi) is 5.27. The molecule has 0 aliphatic heterocycles. The maximum absolute atomic E-state index is 13.2. The molecule has 3 rings (SSSR count). The van der Waals surface area contributed by atoms with Crippen molar-refractivity contribution >= 4 is 34.3 Å². The lowest BCUT2D eigenvalue weighted by Crippen LogP contribution is -2.33. The van der Waals surface area contributed by atoms with Crippen molar-refractivity contribution < 1.29 is 23.5 Å². The van der Waals surface area contributed by atoms with Gasteiger partial charge in [0, 0.05) is 23.9 Å². The van der Waals surface area contributed by atoms with E-state index in [9.17, 15) is 18.8 Å². The van der Waals surface area contributed by atoms with Crippen LogP contribution in [0.2, 0.25) is 0 Å². The topological polar surface area (TPSA) is 97.4 Å². The molecule has 0 unspecified atom stereocenters. The SMILES string of the molecule is CC(=O)Nc1nc(C(=O)O[C@H](C(=O)NC2CC2)c2ccc(F)cc2)cs1. The molecule has 1 aliphatic rings. The number of hydrogen-bond acceptors (Lipinski definition) is 6. The molecule has 7 nitrogen and oxygen atoms in total. The smallest absolute Gasteiger partial charge is 0.359 e. The van der Waals surface area contributed by atoms with Crippen LogP contribution in [0.1, 0.15) is 41.9 Å². The van der Waals surface area contributed by atoms with Gasteiger partial charge in [0.1, 0.15) is 5.82 Å². The van der Waals surface area contributed by atoms with Gasteiger partial charge >= 0.3 is 5.97 Å². The van der Waals surface area contributed by atoms with Gasteiger partial charge in [-0.3, -0.25) is 9.59 Å². The van der Waals surface area contributed by atoms with Crippen molar-refractivity contribution in [1.82, 2.24) is 10.3 Å². The summed E-state index contributed by atoms with van der Waals surface area (Å²) in [6.45, 7) is 1.33. The number of aromatic nitrogens is 1. The standard InChI is InChI=1S/C17H16FN3O4S/c1-9(22)19-17-21-13(8-26-17)16(24)25-14(15(23)20-12-6-7-12)10-2-4-11(18)5-3-10/h2-5,8,12,14H,6-7H2,1H3,(H,20,23)(H,19,21,22)/t14-/m0/s1. The van der Waals surface area contributed by atoms with E-state index in [1.165, 1.54) is 36.6 Å². The zero-order valence-electron chi connectivity index (χ0n) is 13.8. The maximum Gasteiger partial charge on any atom is 0.359 e. The average Bonchev–Trinajstić information content (AvgIpc) is 3.28. The average molecular weight is 377 g/mol. The number of ether oxygens (including phenoxy) is 1. The maximum atomic E-state index is 13.2. The van der Waals surface area contributed by atoms with Gasteiger partial charge in [0.05, 0.1) is 0 Å². The lowest BCUT2D eigenvalue weighted by atomic mass is 10.1. The number of esters is 1. The second-order valence-corrected chi connectivity index (χ2v) is 6.70. The number of thiazole rings is 1. The molecule has 1 fully saturated rings. The fourth-order valence-electron chi connectivity index (χ4n) is 2.16. The molecule has 1 saturated carbocycles. The van der Waals surface area contributed by atoms with E-state index in [0.29, 0.717) is 5.56 Å². The van der Waals surface area contributed by atoms with Crippen LogP contribution in [0, 0.1) is 5.82 Å². The molecule has 1 aliphatic carbocycles. The van der Waals surface area contributed by atoms with Gasteiger partial charge in [0.25, 0.3) is 5.91 Å². The number of nitrogens with zero attached hydrogens (tertiary/aromatic N) is 1. The van der Waals surface area contributed by atoms with Crippen LogP contribution in [-0.4, -0.2) is 28.8 Å². The summed E-state index contributed by atoms with van der Waals surface area (Å²) in [4.78, 5) is 39.8. The number of benzene rings is 1. The number of carbonyl (C=O) groups is 3. The van der Waals surface area contributed by atoms with E-state index in [1.807, 2.05) is 0 Å². The quantitative estimate of drug-likeness (QED) is 0.754. The third-order valence-electron chi connectivity index (χ3n) is 3.56. The number of hydrogen-bond donors (Lipinski definition) is 2. The molecular formula is C17H16FN3O4S. The summed E-state index contributed by atoms with van der Waals surface area (Å²) >= 11 is 1.07. The highest BCUT2D eigenvalue weighted by molar-refractivity contribution is 7.14. The summed E-state index contributed by atoms with van der Waals surface area (Å²) in [5.41, 5.74) is 0.334. The van der Waals surface area contributed by atoms with E-state index in [4.69, 9.17) is 4.74 Å². The molecule has 1 aromatic carbocycles. The van der Waals surface area contributed by atoms with Crippen LogP contribution in [0.4, 0.5) is 9.52 Å². The van der Waals surface area contributed by atoms with Gasteiger partial charge in [0.15, 0.2) is 10.8 Å². The first-order chi connectivity index (χ1) is 12.4. The van der Waals surface area contributed by atoms with Gasteiger partial charge in [-0.25, -0.2) is 14.2 Å². The highest BCUT2D eigenvalue weighted by Crippen LogP contribution is 2.25. The van der Waals surface area contributed by atoms with Crippen molar-refractivity contribution in [3.05, 3.63) is 46.7 Å². The Labute approximate surface area is 152 Å². The van der Waals surface area contributed by atoms with E-state index >= 15 is 0 Å². The molecule has 2 aromatic rings. The zero-order valence-corrected chi connectivity index (χ0v) is 14.6. The van der Waals surface area contributed by atoms with Gasteiger partial charge in [-0.15, -0.1) is 11.3 Å².